The molecule has 0 aromatic heterocycles. The lowest BCUT2D eigenvalue weighted by Gasteiger charge is -2.40. The van der Waals surface area contributed by atoms with Crippen molar-refractivity contribution in [2.24, 2.45) is 5.41 Å². The molecule has 1 saturated carbocycles. The van der Waals surface area contributed by atoms with Gasteiger partial charge in [-0.25, -0.2) is 0 Å². The van der Waals surface area contributed by atoms with Crippen molar-refractivity contribution in [1.29, 1.82) is 0 Å². The van der Waals surface area contributed by atoms with E-state index in [1.807, 2.05) is 24.3 Å². The molecule has 2 aliphatic rings. The van der Waals surface area contributed by atoms with Gasteiger partial charge in [0.25, 0.3) is 5.91 Å². The first-order valence-electron chi connectivity index (χ1n) is 9.34. The molecular weight excluding hydrogens is 332 g/mol. The van der Waals surface area contributed by atoms with Crippen molar-refractivity contribution in [3.63, 3.8) is 0 Å². The molecule has 2 fully saturated rings. The van der Waals surface area contributed by atoms with Crippen LogP contribution in [0.1, 0.15) is 48.5 Å². The Hall–Kier alpha value is -2.37. The minimum atomic E-state index is -0.860. The quantitative estimate of drug-likeness (QED) is 0.875. The van der Waals surface area contributed by atoms with Gasteiger partial charge in [-0.1, -0.05) is 25.5 Å². The Bertz CT molecular complexity index is 686. The molecule has 2 amide bonds. The van der Waals surface area contributed by atoms with E-state index in [9.17, 15) is 19.5 Å². The fourth-order valence-corrected chi connectivity index (χ4v) is 3.70. The Labute approximate surface area is 153 Å². The maximum Gasteiger partial charge on any atom is 0.310 e. The summed E-state index contributed by atoms with van der Waals surface area (Å²) in [7, 11) is 0. The summed E-state index contributed by atoms with van der Waals surface area (Å²) in [6.07, 6.45) is 3.06. The Morgan fingerprint density at radius 2 is 1.58 bits per heavy atom. The zero-order valence-electron chi connectivity index (χ0n) is 15.2. The number of hydrogen-bond acceptors (Lipinski definition) is 3. The number of hydrogen-bond donors (Lipinski definition) is 1. The second-order valence-corrected chi connectivity index (χ2v) is 7.34. The van der Waals surface area contributed by atoms with E-state index in [2.05, 4.69) is 6.92 Å². The fourth-order valence-electron chi connectivity index (χ4n) is 3.70. The first-order valence-corrected chi connectivity index (χ1v) is 9.34. The van der Waals surface area contributed by atoms with E-state index in [1.54, 1.807) is 9.80 Å². The average molecular weight is 358 g/mol. The van der Waals surface area contributed by atoms with E-state index in [4.69, 9.17) is 0 Å². The standard InChI is InChI=1S/C20H26N2O4/c1-2-15-4-6-16(7-5-15)18(24)22-12-10-21(11-13-22)17(23)14-20(19(25)26)8-3-9-20/h4-7H,2-3,8-14H2,1H3,(H,25,26). The van der Waals surface area contributed by atoms with Crippen molar-refractivity contribution >= 4 is 17.8 Å². The molecule has 3 rings (SSSR count). The zero-order chi connectivity index (χ0) is 18.7. The van der Waals surface area contributed by atoms with Crippen molar-refractivity contribution in [3.05, 3.63) is 35.4 Å². The highest BCUT2D eigenvalue weighted by molar-refractivity contribution is 5.94. The molecule has 1 aliphatic heterocycles. The first-order chi connectivity index (χ1) is 12.4. The third kappa shape index (κ3) is 3.59. The molecule has 0 atom stereocenters. The van der Waals surface area contributed by atoms with E-state index in [0.717, 1.165) is 12.8 Å². The van der Waals surface area contributed by atoms with Crippen LogP contribution in [0, 0.1) is 5.41 Å². The molecule has 140 valence electrons. The van der Waals surface area contributed by atoms with E-state index < -0.39 is 11.4 Å². The largest absolute Gasteiger partial charge is 0.481 e. The van der Waals surface area contributed by atoms with Crippen LogP contribution < -0.4 is 0 Å². The molecule has 26 heavy (non-hydrogen) atoms. The predicted octanol–water partition coefficient (Wildman–Crippen LogP) is 2.18. The minimum Gasteiger partial charge on any atom is -0.481 e. The highest BCUT2D eigenvalue weighted by atomic mass is 16.4. The van der Waals surface area contributed by atoms with Gasteiger partial charge in [-0.3, -0.25) is 14.4 Å². The van der Waals surface area contributed by atoms with Gasteiger partial charge in [-0.15, -0.1) is 0 Å². The van der Waals surface area contributed by atoms with E-state index in [1.165, 1.54) is 5.56 Å². The summed E-state index contributed by atoms with van der Waals surface area (Å²) in [4.78, 5) is 40.0. The molecule has 1 aromatic carbocycles. The predicted molar refractivity (Wildman–Crippen MR) is 96.8 cm³/mol. The fraction of sp³-hybridized carbons (Fsp3) is 0.550. The second-order valence-electron chi connectivity index (χ2n) is 7.34. The molecule has 1 N–H and O–H groups in total. The SMILES string of the molecule is CCc1ccc(C(=O)N2CCN(C(=O)CC3(C(=O)O)CCC3)CC2)cc1. The van der Waals surface area contributed by atoms with Gasteiger partial charge in [0.2, 0.25) is 5.91 Å². The van der Waals surface area contributed by atoms with Crippen LogP contribution in [0.2, 0.25) is 0 Å². The number of benzene rings is 1. The third-order valence-electron chi connectivity index (χ3n) is 5.78. The maximum atomic E-state index is 12.6. The molecule has 1 aromatic rings. The van der Waals surface area contributed by atoms with Crippen LogP contribution in [-0.4, -0.2) is 58.9 Å². The summed E-state index contributed by atoms with van der Waals surface area (Å²) in [5.41, 5.74) is 1.01. The van der Waals surface area contributed by atoms with E-state index >= 15 is 0 Å². The lowest BCUT2D eigenvalue weighted by molar-refractivity contribution is -0.159. The van der Waals surface area contributed by atoms with Crippen molar-refractivity contribution < 1.29 is 19.5 Å². The minimum absolute atomic E-state index is 0.0132. The number of carboxylic acid groups (broad SMARTS) is 1. The molecule has 6 heteroatoms. The van der Waals surface area contributed by atoms with Crippen LogP contribution in [-0.2, 0) is 16.0 Å². The highest BCUT2D eigenvalue weighted by Crippen LogP contribution is 2.44. The Morgan fingerprint density at radius 1 is 1.00 bits per heavy atom. The average Bonchev–Trinajstić information content (AvgIpc) is 2.63. The molecule has 0 radical (unpaired) electrons. The maximum absolute atomic E-state index is 12.6. The van der Waals surface area contributed by atoms with Crippen molar-refractivity contribution in [1.82, 2.24) is 9.80 Å². The topological polar surface area (TPSA) is 77.9 Å². The van der Waals surface area contributed by atoms with Crippen molar-refractivity contribution in [3.8, 4) is 0 Å². The smallest absolute Gasteiger partial charge is 0.310 e. The summed E-state index contributed by atoms with van der Waals surface area (Å²) in [5, 5.41) is 9.39. The summed E-state index contributed by atoms with van der Waals surface area (Å²) in [5.74, 6) is -0.978. The van der Waals surface area contributed by atoms with Crippen LogP contribution >= 0.6 is 0 Å². The van der Waals surface area contributed by atoms with Gasteiger partial charge in [0.15, 0.2) is 0 Å². The Morgan fingerprint density at radius 3 is 2.04 bits per heavy atom. The van der Waals surface area contributed by atoms with Crippen LogP contribution in [0.3, 0.4) is 0 Å². The summed E-state index contributed by atoms with van der Waals surface area (Å²) < 4.78 is 0. The van der Waals surface area contributed by atoms with Crippen LogP contribution in [0.4, 0.5) is 0 Å². The van der Waals surface area contributed by atoms with Gasteiger partial charge in [-0.05, 0) is 37.0 Å². The monoisotopic (exact) mass is 358 g/mol. The molecule has 1 aliphatic carbocycles. The molecular formula is C20H26N2O4. The highest BCUT2D eigenvalue weighted by Gasteiger charge is 2.46. The van der Waals surface area contributed by atoms with E-state index in [-0.39, 0.29) is 18.2 Å². The molecule has 0 unspecified atom stereocenters. The number of amides is 2. The molecule has 1 saturated heterocycles. The number of carboxylic acids is 1. The van der Waals surface area contributed by atoms with Gasteiger partial charge in [0.1, 0.15) is 0 Å². The van der Waals surface area contributed by atoms with Crippen molar-refractivity contribution in [2.75, 3.05) is 26.2 Å². The number of piperazine rings is 1. The van der Waals surface area contributed by atoms with Crippen molar-refractivity contribution in [2.45, 2.75) is 39.0 Å². The van der Waals surface area contributed by atoms with Crippen LogP contribution in [0.15, 0.2) is 24.3 Å². The number of aryl methyl sites for hydroxylation is 1. The Kier molecular flexibility index (Phi) is 5.30. The number of nitrogens with zero attached hydrogens (tertiary/aromatic N) is 2. The van der Waals surface area contributed by atoms with Gasteiger partial charge in [0, 0.05) is 38.2 Å². The first kappa shape index (κ1) is 18.4. The zero-order valence-corrected chi connectivity index (χ0v) is 15.2. The molecule has 0 bridgehead atoms. The van der Waals surface area contributed by atoms with Crippen LogP contribution in [0.25, 0.3) is 0 Å². The molecule has 6 nitrogen and oxygen atoms in total. The normalized spacial score (nSPS) is 19.0. The molecule has 1 heterocycles. The van der Waals surface area contributed by atoms with Gasteiger partial charge < -0.3 is 14.9 Å². The van der Waals surface area contributed by atoms with Crippen LogP contribution in [0.5, 0.6) is 0 Å². The third-order valence-corrected chi connectivity index (χ3v) is 5.78. The summed E-state index contributed by atoms with van der Waals surface area (Å²) in [6, 6.07) is 7.64. The number of aliphatic carboxylic acids is 1. The van der Waals surface area contributed by atoms with Gasteiger partial charge >= 0.3 is 5.97 Å². The number of carbonyl (C=O) groups excluding carboxylic acids is 2. The molecule has 0 spiro atoms. The lowest BCUT2D eigenvalue weighted by Crippen LogP contribution is -2.52. The summed E-state index contributed by atoms with van der Waals surface area (Å²) in [6.45, 7) is 3.98. The number of rotatable bonds is 5. The van der Waals surface area contributed by atoms with Gasteiger partial charge in [-0.2, -0.15) is 0 Å². The Balaban J connectivity index is 1.54. The van der Waals surface area contributed by atoms with E-state index in [0.29, 0.717) is 44.6 Å². The van der Waals surface area contributed by atoms with Gasteiger partial charge in [0.05, 0.1) is 5.41 Å². The lowest BCUT2D eigenvalue weighted by atomic mass is 9.66. The number of carbonyl (C=O) groups is 3. The second kappa shape index (κ2) is 7.48. The summed E-state index contributed by atoms with van der Waals surface area (Å²) >= 11 is 0.